The molecule has 190 valence electrons. The third kappa shape index (κ3) is 3.74. The molecule has 9 nitrogen and oxygen atoms in total. The van der Waals surface area contributed by atoms with Crippen molar-refractivity contribution in [1.82, 2.24) is 9.80 Å². The molecular formula is C28H21ClN4O5. The van der Waals surface area contributed by atoms with Gasteiger partial charge in [-0.1, -0.05) is 66.2 Å². The molecule has 3 aromatic rings. The molecule has 38 heavy (non-hydrogen) atoms. The Morgan fingerprint density at radius 3 is 2.45 bits per heavy atom. The zero-order chi connectivity index (χ0) is 26.6. The van der Waals surface area contributed by atoms with Gasteiger partial charge in [-0.2, -0.15) is 0 Å². The second-order valence-electron chi connectivity index (χ2n) is 9.49. The van der Waals surface area contributed by atoms with E-state index in [4.69, 9.17) is 11.6 Å². The highest BCUT2D eigenvalue weighted by molar-refractivity contribution is 6.32. The summed E-state index contributed by atoms with van der Waals surface area (Å²) in [5, 5.41) is 14.0. The number of imide groups is 1. The summed E-state index contributed by atoms with van der Waals surface area (Å²) in [6.07, 6.45) is 3.61. The molecule has 3 heterocycles. The molecule has 0 bridgehead atoms. The predicted molar refractivity (Wildman–Crippen MR) is 140 cm³/mol. The van der Waals surface area contributed by atoms with E-state index in [1.165, 1.54) is 23.1 Å². The Hall–Kier alpha value is -4.50. The van der Waals surface area contributed by atoms with E-state index in [-0.39, 0.29) is 28.8 Å². The number of likely N-dealkylation sites (tertiary alicyclic amines) is 1. The Morgan fingerprint density at radius 2 is 1.68 bits per heavy atom. The van der Waals surface area contributed by atoms with Gasteiger partial charge in [-0.3, -0.25) is 29.4 Å². The maximum absolute atomic E-state index is 13.8. The lowest BCUT2D eigenvalue weighted by Crippen LogP contribution is -2.46. The molecule has 1 N–H and O–H groups in total. The number of nitrogens with one attached hydrogen (secondary N) is 1. The molecule has 6 rings (SSSR count). The van der Waals surface area contributed by atoms with Crippen molar-refractivity contribution in [1.29, 1.82) is 0 Å². The number of carbonyl (C=O) groups excluding carboxylic acids is 3. The number of anilines is 1. The molecule has 0 spiro atoms. The molecule has 10 heteroatoms. The number of amides is 3. The van der Waals surface area contributed by atoms with Crippen LogP contribution >= 0.6 is 11.6 Å². The van der Waals surface area contributed by atoms with E-state index < -0.39 is 40.7 Å². The first kappa shape index (κ1) is 23.9. The minimum absolute atomic E-state index is 0.0577. The van der Waals surface area contributed by atoms with Gasteiger partial charge in [0.25, 0.3) is 5.69 Å². The highest BCUT2D eigenvalue weighted by Crippen LogP contribution is 2.52. The van der Waals surface area contributed by atoms with Crippen LogP contribution in [-0.4, -0.2) is 38.5 Å². The SMILES string of the molecule is O=C(Nc1ccc(Cl)c([N+](=O)[O-])c1)C1C2C(=O)N(Cc3ccccc3)C(=O)C2C2c3ccccc3C=CN12. The quantitative estimate of drug-likeness (QED) is 0.298. The van der Waals surface area contributed by atoms with Crippen LogP contribution in [0.15, 0.2) is 79.0 Å². The summed E-state index contributed by atoms with van der Waals surface area (Å²) in [5.41, 5.74) is 2.42. The van der Waals surface area contributed by atoms with Gasteiger partial charge in [-0.15, -0.1) is 0 Å². The summed E-state index contributed by atoms with van der Waals surface area (Å²) in [5.74, 6) is -2.94. The molecule has 4 atom stereocenters. The predicted octanol–water partition coefficient (Wildman–Crippen LogP) is 4.40. The number of benzene rings is 3. The summed E-state index contributed by atoms with van der Waals surface area (Å²) in [4.78, 5) is 55.0. The van der Waals surface area contributed by atoms with Crippen molar-refractivity contribution in [3.8, 4) is 0 Å². The summed E-state index contributed by atoms with van der Waals surface area (Å²) < 4.78 is 0. The van der Waals surface area contributed by atoms with Gasteiger partial charge in [0, 0.05) is 18.0 Å². The van der Waals surface area contributed by atoms with E-state index in [0.29, 0.717) is 0 Å². The molecule has 0 aliphatic carbocycles. The number of fused-ring (bicyclic) bond motifs is 5. The lowest BCUT2D eigenvalue weighted by Gasteiger charge is -2.35. The standard InChI is InChI=1S/C28H21ClN4O5/c29-20-11-10-18(14-21(20)33(37)38)30-26(34)25-23-22(24-19-9-5-4-8-17(19)12-13-31(24)25)27(35)32(28(23)36)15-16-6-2-1-3-7-16/h1-14,22-25H,15H2,(H,30,34). The summed E-state index contributed by atoms with van der Waals surface area (Å²) in [6, 6.07) is 19.3. The number of nitrogens with zero attached hydrogens (tertiary/aromatic N) is 3. The first-order valence-electron chi connectivity index (χ1n) is 12.0. The number of nitro benzene ring substituents is 1. The van der Waals surface area contributed by atoms with Gasteiger partial charge in [0.05, 0.1) is 29.3 Å². The molecule has 4 unspecified atom stereocenters. The maximum Gasteiger partial charge on any atom is 0.289 e. The van der Waals surface area contributed by atoms with Crippen LogP contribution in [0.4, 0.5) is 11.4 Å². The Balaban J connectivity index is 1.39. The lowest BCUT2D eigenvalue weighted by atomic mass is 9.84. The molecule has 3 amide bonds. The van der Waals surface area contributed by atoms with E-state index in [1.54, 1.807) is 11.1 Å². The molecule has 2 fully saturated rings. The van der Waals surface area contributed by atoms with Crippen molar-refractivity contribution in [3.05, 3.63) is 111 Å². The van der Waals surface area contributed by atoms with Gasteiger partial charge in [-0.05, 0) is 34.9 Å². The fourth-order valence-electron chi connectivity index (χ4n) is 5.79. The van der Waals surface area contributed by atoms with E-state index in [1.807, 2.05) is 60.7 Å². The summed E-state index contributed by atoms with van der Waals surface area (Å²) >= 11 is 5.93. The van der Waals surface area contributed by atoms with Crippen LogP contribution in [0.3, 0.4) is 0 Å². The molecule has 0 saturated carbocycles. The van der Waals surface area contributed by atoms with Gasteiger partial charge in [-0.25, -0.2) is 0 Å². The number of carbonyl (C=O) groups is 3. The summed E-state index contributed by atoms with van der Waals surface area (Å²) in [7, 11) is 0. The number of rotatable bonds is 5. The van der Waals surface area contributed by atoms with Crippen LogP contribution in [0.25, 0.3) is 6.08 Å². The molecular weight excluding hydrogens is 508 g/mol. The first-order valence-corrected chi connectivity index (χ1v) is 12.4. The Kier molecular flexibility index (Phi) is 5.72. The van der Waals surface area contributed by atoms with Gasteiger partial charge in [0.15, 0.2) is 0 Å². The van der Waals surface area contributed by atoms with Crippen LogP contribution in [0.5, 0.6) is 0 Å². The fourth-order valence-corrected chi connectivity index (χ4v) is 5.97. The minimum atomic E-state index is -0.999. The Morgan fingerprint density at radius 1 is 0.974 bits per heavy atom. The fraction of sp³-hybridized carbons (Fsp3) is 0.179. The van der Waals surface area contributed by atoms with Crippen LogP contribution in [0, 0.1) is 22.0 Å². The first-order chi connectivity index (χ1) is 18.3. The largest absolute Gasteiger partial charge is 0.357 e. The Bertz CT molecular complexity index is 1520. The monoisotopic (exact) mass is 528 g/mol. The van der Waals surface area contributed by atoms with Gasteiger partial charge in [0.1, 0.15) is 11.1 Å². The Labute approximate surface area is 222 Å². The van der Waals surface area contributed by atoms with Crippen molar-refractivity contribution in [2.45, 2.75) is 18.6 Å². The van der Waals surface area contributed by atoms with Crippen LogP contribution in [0.2, 0.25) is 5.02 Å². The second kappa shape index (κ2) is 9.11. The third-order valence-corrected chi connectivity index (χ3v) is 7.73. The smallest absolute Gasteiger partial charge is 0.289 e. The maximum atomic E-state index is 13.8. The van der Waals surface area contributed by atoms with Crippen molar-refractivity contribution < 1.29 is 19.3 Å². The van der Waals surface area contributed by atoms with Gasteiger partial charge in [0.2, 0.25) is 17.7 Å². The molecule has 3 aromatic carbocycles. The third-order valence-electron chi connectivity index (χ3n) is 7.42. The lowest BCUT2D eigenvalue weighted by molar-refractivity contribution is -0.384. The zero-order valence-electron chi connectivity index (χ0n) is 19.9. The van der Waals surface area contributed by atoms with Gasteiger partial charge < -0.3 is 10.2 Å². The highest BCUT2D eigenvalue weighted by atomic mass is 35.5. The van der Waals surface area contributed by atoms with E-state index in [0.717, 1.165) is 16.7 Å². The number of hydrogen-bond acceptors (Lipinski definition) is 6. The molecule has 0 aromatic heterocycles. The number of nitro groups is 1. The van der Waals surface area contributed by atoms with Crippen LogP contribution in [-0.2, 0) is 20.9 Å². The number of halogens is 1. The van der Waals surface area contributed by atoms with E-state index in [9.17, 15) is 24.5 Å². The van der Waals surface area contributed by atoms with E-state index >= 15 is 0 Å². The van der Waals surface area contributed by atoms with Crippen molar-refractivity contribution in [3.63, 3.8) is 0 Å². The molecule has 3 aliphatic heterocycles. The molecule has 0 radical (unpaired) electrons. The van der Waals surface area contributed by atoms with Gasteiger partial charge >= 0.3 is 0 Å². The normalized spacial score (nSPS) is 23.2. The van der Waals surface area contributed by atoms with Crippen molar-refractivity contribution >= 4 is 46.8 Å². The second-order valence-corrected chi connectivity index (χ2v) is 9.90. The minimum Gasteiger partial charge on any atom is -0.357 e. The topological polar surface area (TPSA) is 113 Å². The van der Waals surface area contributed by atoms with Crippen LogP contribution in [0.1, 0.15) is 22.7 Å². The zero-order valence-corrected chi connectivity index (χ0v) is 20.6. The van der Waals surface area contributed by atoms with Crippen molar-refractivity contribution in [2.24, 2.45) is 11.8 Å². The average molecular weight is 529 g/mol. The molecule has 3 aliphatic rings. The average Bonchev–Trinajstić information content (AvgIpc) is 3.39. The van der Waals surface area contributed by atoms with E-state index in [2.05, 4.69) is 5.32 Å². The molecule has 2 saturated heterocycles. The highest BCUT2D eigenvalue weighted by Gasteiger charge is 2.64. The number of hydrogen-bond donors (Lipinski definition) is 1. The summed E-state index contributed by atoms with van der Waals surface area (Å²) in [6.45, 7) is 0.118. The van der Waals surface area contributed by atoms with Crippen LogP contribution < -0.4 is 5.32 Å². The van der Waals surface area contributed by atoms with Crippen molar-refractivity contribution in [2.75, 3.05) is 5.32 Å².